The van der Waals surface area contributed by atoms with Crippen molar-refractivity contribution in [3.8, 4) is 16.9 Å². The smallest absolute Gasteiger partial charge is 0.165 e. The zero-order valence-corrected chi connectivity index (χ0v) is 21.4. The average molecular weight is 492 g/mol. The minimum absolute atomic E-state index is 0.688. The maximum Gasteiger partial charge on any atom is 0.165 e. The van der Waals surface area contributed by atoms with Crippen LogP contribution in [0.2, 0.25) is 0 Å². The molecule has 0 radical (unpaired) electrons. The molecular weight excluding hydrogens is 458 g/mol. The van der Waals surface area contributed by atoms with E-state index < -0.39 is 0 Å². The number of hydrogen-bond acceptors (Lipinski definition) is 5. The van der Waals surface area contributed by atoms with E-state index in [1.165, 1.54) is 10.8 Å². The molecule has 6 heteroatoms. The normalized spacial score (nSPS) is 14.5. The predicted molar refractivity (Wildman–Crippen MR) is 151 cm³/mol. The van der Waals surface area contributed by atoms with Crippen molar-refractivity contribution in [3.05, 3.63) is 90.8 Å². The number of hydrogen-bond donors (Lipinski definition) is 0. The van der Waals surface area contributed by atoms with E-state index in [1.807, 2.05) is 16.8 Å². The quantitative estimate of drug-likeness (QED) is 0.279. The van der Waals surface area contributed by atoms with E-state index in [-0.39, 0.29) is 0 Å². The molecule has 0 saturated carbocycles. The highest BCUT2D eigenvalue weighted by atomic mass is 16.5. The van der Waals surface area contributed by atoms with Crippen LogP contribution in [0.25, 0.3) is 27.5 Å². The Labute approximate surface area is 218 Å². The van der Waals surface area contributed by atoms with Gasteiger partial charge in [0.2, 0.25) is 0 Å². The zero-order valence-electron chi connectivity index (χ0n) is 21.4. The van der Waals surface area contributed by atoms with Crippen LogP contribution < -0.4 is 9.64 Å². The molecule has 0 aliphatic carbocycles. The number of nitrogens with zero attached hydrogens (tertiary/aromatic N) is 5. The van der Waals surface area contributed by atoms with Gasteiger partial charge in [0.05, 0.1) is 6.20 Å². The molecule has 6 rings (SSSR count). The van der Waals surface area contributed by atoms with Crippen LogP contribution in [-0.2, 0) is 6.42 Å². The van der Waals surface area contributed by atoms with Gasteiger partial charge in [-0.3, -0.25) is 4.90 Å². The van der Waals surface area contributed by atoms with Crippen LogP contribution in [0.3, 0.4) is 0 Å². The van der Waals surface area contributed by atoms with Gasteiger partial charge in [-0.05, 0) is 23.4 Å². The highest BCUT2D eigenvalue weighted by Crippen LogP contribution is 2.28. The lowest BCUT2D eigenvalue weighted by Gasteiger charge is -2.36. The summed E-state index contributed by atoms with van der Waals surface area (Å²) < 4.78 is 8.23. The number of aromatic nitrogens is 3. The molecule has 1 aliphatic rings. The summed E-state index contributed by atoms with van der Waals surface area (Å²) in [5, 5.41) is 7.17. The number of piperazine rings is 1. The van der Waals surface area contributed by atoms with Crippen molar-refractivity contribution in [1.82, 2.24) is 19.5 Å². The fraction of sp³-hybridized carbons (Fsp3) is 0.290. The van der Waals surface area contributed by atoms with Crippen molar-refractivity contribution in [2.24, 2.45) is 0 Å². The predicted octanol–water partition coefficient (Wildman–Crippen LogP) is 5.70. The maximum atomic E-state index is 6.20. The van der Waals surface area contributed by atoms with E-state index in [0.717, 1.165) is 79.6 Å². The third-order valence-corrected chi connectivity index (χ3v) is 7.21. The van der Waals surface area contributed by atoms with Crippen molar-refractivity contribution in [1.29, 1.82) is 0 Å². The first-order valence-electron chi connectivity index (χ1n) is 13.3. The highest BCUT2D eigenvalue weighted by molar-refractivity contribution is 5.88. The molecule has 0 N–H and O–H groups in total. The molecule has 6 nitrogen and oxygen atoms in total. The van der Waals surface area contributed by atoms with Gasteiger partial charge in [-0.2, -0.15) is 9.61 Å². The van der Waals surface area contributed by atoms with E-state index in [0.29, 0.717) is 6.61 Å². The molecule has 5 aromatic rings. The molecule has 3 aromatic carbocycles. The second-order valence-corrected chi connectivity index (χ2v) is 9.67. The molecule has 1 aliphatic heterocycles. The average Bonchev–Trinajstić information content (AvgIpc) is 3.38. The molecule has 1 saturated heterocycles. The molecule has 1 fully saturated rings. The lowest BCUT2D eigenvalue weighted by molar-refractivity contribution is 0.201. The molecule has 0 atom stereocenters. The first kappa shape index (κ1) is 23.5. The summed E-state index contributed by atoms with van der Waals surface area (Å²) in [6.45, 7) is 7.73. The lowest BCUT2D eigenvalue weighted by atomic mass is 10.1. The van der Waals surface area contributed by atoms with Gasteiger partial charge in [0.25, 0.3) is 0 Å². The van der Waals surface area contributed by atoms with E-state index in [9.17, 15) is 0 Å². The number of benzene rings is 3. The second kappa shape index (κ2) is 10.6. The van der Waals surface area contributed by atoms with Gasteiger partial charge in [0, 0.05) is 55.4 Å². The molecule has 0 bridgehead atoms. The van der Waals surface area contributed by atoms with Crippen LogP contribution in [-0.4, -0.2) is 58.8 Å². The van der Waals surface area contributed by atoms with E-state index >= 15 is 0 Å². The van der Waals surface area contributed by atoms with Gasteiger partial charge in [0.15, 0.2) is 5.65 Å². The summed E-state index contributed by atoms with van der Waals surface area (Å²) in [5.74, 6) is 2.11. The third-order valence-electron chi connectivity index (χ3n) is 7.21. The zero-order chi connectivity index (χ0) is 25.0. The fourth-order valence-electron chi connectivity index (χ4n) is 5.23. The Kier molecular flexibility index (Phi) is 6.74. The van der Waals surface area contributed by atoms with Crippen LogP contribution in [0.1, 0.15) is 19.0 Å². The molecule has 3 heterocycles. The number of rotatable bonds is 8. The van der Waals surface area contributed by atoms with Crippen LogP contribution >= 0.6 is 0 Å². The summed E-state index contributed by atoms with van der Waals surface area (Å²) in [5.41, 5.74) is 4.32. The molecule has 37 heavy (non-hydrogen) atoms. The minimum Gasteiger partial charge on any atom is -0.492 e. The third kappa shape index (κ3) is 4.89. The Morgan fingerprint density at radius 3 is 2.49 bits per heavy atom. The fourth-order valence-corrected chi connectivity index (χ4v) is 5.23. The van der Waals surface area contributed by atoms with Crippen molar-refractivity contribution < 1.29 is 4.74 Å². The molecule has 0 amide bonds. The number of anilines is 1. The van der Waals surface area contributed by atoms with Crippen LogP contribution in [0.15, 0.2) is 85.1 Å². The van der Waals surface area contributed by atoms with Crippen molar-refractivity contribution in [2.75, 3.05) is 44.2 Å². The number of fused-ring (bicyclic) bond motifs is 2. The van der Waals surface area contributed by atoms with E-state index in [1.54, 1.807) is 0 Å². The molecular formula is C31H33N5O. The lowest BCUT2D eigenvalue weighted by Crippen LogP contribution is -2.48. The van der Waals surface area contributed by atoms with Gasteiger partial charge in [-0.25, -0.2) is 4.98 Å². The first-order chi connectivity index (χ1) is 18.3. The Balaban J connectivity index is 1.14. The number of aryl methyl sites for hydroxylation is 1. The summed E-state index contributed by atoms with van der Waals surface area (Å²) >= 11 is 0. The van der Waals surface area contributed by atoms with Crippen LogP contribution in [0.5, 0.6) is 5.75 Å². The van der Waals surface area contributed by atoms with Gasteiger partial charge in [-0.1, -0.05) is 80.1 Å². The summed E-state index contributed by atoms with van der Waals surface area (Å²) in [6.07, 6.45) is 3.99. The Bertz CT molecular complexity index is 1480. The van der Waals surface area contributed by atoms with Crippen LogP contribution in [0, 0.1) is 0 Å². The molecule has 188 valence electrons. The summed E-state index contributed by atoms with van der Waals surface area (Å²) in [6, 6.07) is 27.3. The topological polar surface area (TPSA) is 45.9 Å². The standard InChI is InChI=1S/C31H33N5O/c1-2-9-26-22-30(36-31(33-26)28(23-32-36)25-10-4-3-5-11-25)35-18-16-34(17-19-35)20-21-37-29-15-8-13-24-12-6-7-14-27(24)29/h3-8,10-15,22-23H,2,9,16-21H2,1H3. The summed E-state index contributed by atoms with van der Waals surface area (Å²) in [4.78, 5) is 9.96. The largest absolute Gasteiger partial charge is 0.492 e. The first-order valence-corrected chi connectivity index (χ1v) is 13.3. The monoisotopic (exact) mass is 491 g/mol. The van der Waals surface area contributed by atoms with Gasteiger partial charge >= 0.3 is 0 Å². The Morgan fingerprint density at radius 2 is 1.65 bits per heavy atom. The number of ether oxygens (including phenoxy) is 1. The van der Waals surface area contributed by atoms with Gasteiger partial charge in [-0.15, -0.1) is 0 Å². The van der Waals surface area contributed by atoms with Crippen molar-refractivity contribution >= 4 is 22.2 Å². The molecule has 2 aromatic heterocycles. The van der Waals surface area contributed by atoms with Crippen molar-refractivity contribution in [3.63, 3.8) is 0 Å². The maximum absolute atomic E-state index is 6.20. The SMILES string of the molecule is CCCc1cc(N2CCN(CCOc3cccc4ccccc34)CC2)n2ncc(-c3ccccc3)c2n1. The van der Waals surface area contributed by atoms with Gasteiger partial charge < -0.3 is 9.64 Å². The van der Waals surface area contributed by atoms with Crippen LogP contribution in [0.4, 0.5) is 5.82 Å². The van der Waals surface area contributed by atoms with Crippen molar-refractivity contribution in [2.45, 2.75) is 19.8 Å². The summed E-state index contributed by atoms with van der Waals surface area (Å²) in [7, 11) is 0. The van der Waals surface area contributed by atoms with E-state index in [4.69, 9.17) is 14.8 Å². The molecule has 0 unspecified atom stereocenters. The molecule has 0 spiro atoms. The minimum atomic E-state index is 0.688. The van der Waals surface area contributed by atoms with Gasteiger partial charge in [0.1, 0.15) is 18.2 Å². The highest BCUT2D eigenvalue weighted by Gasteiger charge is 2.22. The Morgan fingerprint density at radius 1 is 0.865 bits per heavy atom. The second-order valence-electron chi connectivity index (χ2n) is 9.67. The Hall–Kier alpha value is -3.90. The van der Waals surface area contributed by atoms with E-state index in [2.05, 4.69) is 89.5 Å².